The summed E-state index contributed by atoms with van der Waals surface area (Å²) in [5, 5.41) is 3.13. The van der Waals surface area contributed by atoms with Gasteiger partial charge in [-0.1, -0.05) is 6.08 Å². The molecular formula is C16H18N4O. The van der Waals surface area contributed by atoms with Gasteiger partial charge >= 0.3 is 0 Å². The summed E-state index contributed by atoms with van der Waals surface area (Å²) in [5.41, 5.74) is 3.01. The SMILES string of the molecule is C=CCNc1ncc(-c2ccncc2)c([C@@H]2CCCO2)n1. The van der Waals surface area contributed by atoms with Crippen molar-refractivity contribution < 1.29 is 4.74 Å². The van der Waals surface area contributed by atoms with E-state index in [1.54, 1.807) is 18.5 Å². The molecule has 1 fully saturated rings. The minimum absolute atomic E-state index is 0.0421. The molecule has 0 radical (unpaired) electrons. The van der Waals surface area contributed by atoms with E-state index < -0.39 is 0 Å². The van der Waals surface area contributed by atoms with Crippen molar-refractivity contribution in [1.29, 1.82) is 0 Å². The predicted molar refractivity (Wildman–Crippen MR) is 81.9 cm³/mol. The molecular weight excluding hydrogens is 264 g/mol. The molecule has 3 heterocycles. The first kappa shape index (κ1) is 13.7. The van der Waals surface area contributed by atoms with Gasteiger partial charge in [0.05, 0.1) is 5.69 Å². The third kappa shape index (κ3) is 3.08. The first-order valence-corrected chi connectivity index (χ1v) is 7.12. The Hall–Kier alpha value is -2.27. The van der Waals surface area contributed by atoms with Gasteiger partial charge < -0.3 is 10.1 Å². The molecule has 1 N–H and O–H groups in total. The summed E-state index contributed by atoms with van der Waals surface area (Å²) < 4.78 is 5.81. The minimum Gasteiger partial charge on any atom is -0.372 e. The summed E-state index contributed by atoms with van der Waals surface area (Å²) in [7, 11) is 0. The van der Waals surface area contributed by atoms with Crippen LogP contribution in [0.25, 0.3) is 11.1 Å². The Morgan fingerprint density at radius 3 is 2.95 bits per heavy atom. The normalized spacial score (nSPS) is 17.6. The average Bonchev–Trinajstić information content (AvgIpc) is 3.08. The lowest BCUT2D eigenvalue weighted by molar-refractivity contribution is 0.109. The van der Waals surface area contributed by atoms with Crippen molar-refractivity contribution >= 4 is 5.95 Å². The van der Waals surface area contributed by atoms with Crippen LogP contribution >= 0.6 is 0 Å². The van der Waals surface area contributed by atoms with Gasteiger partial charge in [0.2, 0.25) is 5.95 Å². The van der Waals surface area contributed by atoms with Crippen LogP contribution in [0.1, 0.15) is 24.6 Å². The Bertz CT molecular complexity index is 609. The highest BCUT2D eigenvalue weighted by Gasteiger charge is 2.23. The molecule has 0 aliphatic carbocycles. The second-order valence-electron chi connectivity index (χ2n) is 4.90. The molecule has 0 amide bonds. The Morgan fingerprint density at radius 2 is 2.24 bits per heavy atom. The van der Waals surface area contributed by atoms with Crippen molar-refractivity contribution in [3.63, 3.8) is 0 Å². The van der Waals surface area contributed by atoms with E-state index >= 15 is 0 Å². The molecule has 0 saturated carbocycles. The molecule has 1 aliphatic rings. The number of ether oxygens (including phenoxy) is 1. The summed E-state index contributed by atoms with van der Waals surface area (Å²) in [6, 6.07) is 3.93. The van der Waals surface area contributed by atoms with Gasteiger partial charge in [0, 0.05) is 37.3 Å². The molecule has 0 bridgehead atoms. The van der Waals surface area contributed by atoms with Gasteiger partial charge in [0.1, 0.15) is 6.10 Å². The summed E-state index contributed by atoms with van der Waals surface area (Å²) in [6.45, 7) is 5.12. The zero-order valence-electron chi connectivity index (χ0n) is 11.8. The summed E-state index contributed by atoms with van der Waals surface area (Å²) in [5.74, 6) is 0.609. The third-order valence-corrected chi connectivity index (χ3v) is 3.45. The average molecular weight is 282 g/mol. The molecule has 2 aromatic rings. The van der Waals surface area contributed by atoms with Crippen LogP contribution in [0.2, 0.25) is 0 Å². The van der Waals surface area contributed by atoms with Gasteiger partial charge in [-0.2, -0.15) is 0 Å². The highest BCUT2D eigenvalue weighted by Crippen LogP contribution is 2.34. The molecule has 0 unspecified atom stereocenters. The second-order valence-corrected chi connectivity index (χ2v) is 4.90. The van der Waals surface area contributed by atoms with Crippen LogP contribution in [0.3, 0.4) is 0 Å². The van der Waals surface area contributed by atoms with Gasteiger partial charge in [-0.05, 0) is 30.5 Å². The molecule has 2 aromatic heterocycles. The van der Waals surface area contributed by atoms with E-state index in [4.69, 9.17) is 4.74 Å². The fourth-order valence-electron chi connectivity index (χ4n) is 2.44. The van der Waals surface area contributed by atoms with Gasteiger partial charge in [0.15, 0.2) is 0 Å². The summed E-state index contributed by atoms with van der Waals surface area (Å²) in [6.07, 6.45) is 9.30. The van der Waals surface area contributed by atoms with Gasteiger partial charge in [0.25, 0.3) is 0 Å². The number of aromatic nitrogens is 3. The van der Waals surface area contributed by atoms with E-state index in [2.05, 4.69) is 26.8 Å². The van der Waals surface area contributed by atoms with Crippen molar-refractivity contribution in [2.75, 3.05) is 18.5 Å². The molecule has 1 aliphatic heterocycles. The zero-order valence-corrected chi connectivity index (χ0v) is 11.8. The van der Waals surface area contributed by atoms with E-state index in [1.807, 2.05) is 18.3 Å². The molecule has 1 saturated heterocycles. The molecule has 0 aromatic carbocycles. The van der Waals surface area contributed by atoms with Crippen molar-refractivity contribution in [3.05, 3.63) is 49.1 Å². The lowest BCUT2D eigenvalue weighted by atomic mass is 10.0. The van der Waals surface area contributed by atoms with E-state index in [1.165, 1.54) is 0 Å². The fraction of sp³-hybridized carbons (Fsp3) is 0.312. The van der Waals surface area contributed by atoms with Crippen molar-refractivity contribution in [2.24, 2.45) is 0 Å². The Morgan fingerprint density at radius 1 is 1.38 bits per heavy atom. The largest absolute Gasteiger partial charge is 0.372 e. The lowest BCUT2D eigenvalue weighted by Crippen LogP contribution is -2.09. The number of pyridine rings is 1. The Balaban J connectivity index is 1.99. The number of anilines is 1. The first-order valence-electron chi connectivity index (χ1n) is 7.12. The number of hydrogen-bond donors (Lipinski definition) is 1. The smallest absolute Gasteiger partial charge is 0.223 e. The Labute approximate surface area is 124 Å². The van der Waals surface area contributed by atoms with Crippen molar-refractivity contribution in [1.82, 2.24) is 15.0 Å². The lowest BCUT2D eigenvalue weighted by Gasteiger charge is -2.15. The van der Waals surface area contributed by atoms with Crippen LogP contribution in [-0.2, 0) is 4.74 Å². The van der Waals surface area contributed by atoms with E-state index in [0.717, 1.165) is 36.3 Å². The molecule has 21 heavy (non-hydrogen) atoms. The van der Waals surface area contributed by atoms with E-state index in [-0.39, 0.29) is 6.10 Å². The van der Waals surface area contributed by atoms with Crippen LogP contribution in [0.15, 0.2) is 43.4 Å². The molecule has 5 nitrogen and oxygen atoms in total. The zero-order chi connectivity index (χ0) is 14.5. The third-order valence-electron chi connectivity index (χ3n) is 3.45. The van der Waals surface area contributed by atoms with Crippen molar-refractivity contribution in [2.45, 2.75) is 18.9 Å². The van der Waals surface area contributed by atoms with E-state index in [0.29, 0.717) is 12.5 Å². The summed E-state index contributed by atoms with van der Waals surface area (Å²) >= 11 is 0. The minimum atomic E-state index is 0.0421. The second kappa shape index (κ2) is 6.45. The van der Waals surface area contributed by atoms with E-state index in [9.17, 15) is 0 Å². The maximum Gasteiger partial charge on any atom is 0.223 e. The standard InChI is InChI=1S/C16H18N4O/c1-2-7-18-16-19-11-13(12-5-8-17-9-6-12)15(20-16)14-4-3-10-21-14/h2,5-6,8-9,11,14H,1,3-4,7,10H2,(H,18,19,20)/t14-/m0/s1. The number of nitrogens with zero attached hydrogens (tertiary/aromatic N) is 3. The van der Waals surface area contributed by atoms with Gasteiger partial charge in [-0.3, -0.25) is 4.98 Å². The highest BCUT2D eigenvalue weighted by molar-refractivity contribution is 5.65. The molecule has 0 spiro atoms. The topological polar surface area (TPSA) is 59.9 Å². The molecule has 5 heteroatoms. The first-order chi connectivity index (χ1) is 10.4. The monoisotopic (exact) mass is 282 g/mol. The quantitative estimate of drug-likeness (QED) is 0.854. The molecule has 3 rings (SSSR count). The summed E-state index contributed by atoms with van der Waals surface area (Å²) in [4.78, 5) is 13.1. The fourth-order valence-corrected chi connectivity index (χ4v) is 2.44. The number of nitrogens with one attached hydrogen (secondary N) is 1. The van der Waals surface area contributed by atoms with Gasteiger partial charge in [-0.25, -0.2) is 9.97 Å². The Kier molecular flexibility index (Phi) is 4.21. The molecule has 108 valence electrons. The number of hydrogen-bond acceptors (Lipinski definition) is 5. The van der Waals surface area contributed by atoms with Crippen LogP contribution in [-0.4, -0.2) is 28.1 Å². The maximum absolute atomic E-state index is 5.81. The van der Waals surface area contributed by atoms with Crippen LogP contribution in [0.5, 0.6) is 0 Å². The predicted octanol–water partition coefficient (Wildman–Crippen LogP) is 2.99. The van der Waals surface area contributed by atoms with Crippen LogP contribution in [0, 0.1) is 0 Å². The molecule has 1 atom stereocenters. The van der Waals surface area contributed by atoms with Crippen LogP contribution < -0.4 is 5.32 Å². The maximum atomic E-state index is 5.81. The highest BCUT2D eigenvalue weighted by atomic mass is 16.5. The van der Waals surface area contributed by atoms with Crippen molar-refractivity contribution in [3.8, 4) is 11.1 Å². The van der Waals surface area contributed by atoms with Crippen LogP contribution in [0.4, 0.5) is 5.95 Å². The van der Waals surface area contributed by atoms with Gasteiger partial charge in [-0.15, -0.1) is 6.58 Å². The number of rotatable bonds is 5.